The van der Waals surface area contributed by atoms with E-state index < -0.39 is 42.0 Å². The van der Waals surface area contributed by atoms with Crippen LogP contribution < -0.4 is 27.8 Å². The van der Waals surface area contributed by atoms with Crippen molar-refractivity contribution < 1.29 is 29.4 Å². The third-order valence-electron chi connectivity index (χ3n) is 5.87. The van der Waals surface area contributed by atoms with Crippen molar-refractivity contribution in [2.75, 3.05) is 13.1 Å². The second kappa shape index (κ2) is 13.3. The summed E-state index contributed by atoms with van der Waals surface area (Å²) >= 11 is 0. The van der Waals surface area contributed by atoms with Gasteiger partial charge in [-0.2, -0.15) is 0 Å². The highest BCUT2D eigenvalue weighted by molar-refractivity contribution is 5.94. The number of carbonyl (C=O) groups is 4. The third-order valence-corrected chi connectivity index (χ3v) is 5.87. The molecule has 13 heteroatoms. The topological polar surface area (TPSA) is 226 Å². The Kier molecular flexibility index (Phi) is 10.5. The first-order valence-electron chi connectivity index (χ1n) is 11.7. The summed E-state index contributed by atoms with van der Waals surface area (Å²) in [4.78, 5) is 55.2. The van der Waals surface area contributed by atoms with Crippen LogP contribution in [0.3, 0.4) is 0 Å². The SMILES string of the molecule is CC(NC(=O)C1CCCN1C(=O)C(N)CCCN=C(N)N)C(=O)NC(Cc1ccc(O)cc1)C(=O)O. The van der Waals surface area contributed by atoms with Crippen molar-refractivity contribution in [3.63, 3.8) is 0 Å². The normalized spacial score (nSPS) is 17.5. The maximum Gasteiger partial charge on any atom is 0.326 e. The molecule has 36 heavy (non-hydrogen) atoms. The van der Waals surface area contributed by atoms with E-state index in [1.165, 1.54) is 24.0 Å². The molecule has 4 atom stereocenters. The van der Waals surface area contributed by atoms with Crippen LogP contribution in [0.15, 0.2) is 29.3 Å². The molecule has 0 bridgehead atoms. The number of rotatable bonds is 12. The molecule has 1 aromatic carbocycles. The summed E-state index contributed by atoms with van der Waals surface area (Å²) < 4.78 is 0. The Morgan fingerprint density at radius 2 is 1.83 bits per heavy atom. The highest BCUT2D eigenvalue weighted by atomic mass is 16.4. The summed E-state index contributed by atoms with van der Waals surface area (Å²) in [6.45, 7) is 2.14. The maximum absolute atomic E-state index is 12.9. The molecule has 0 aromatic heterocycles. The number of carboxylic acids is 1. The van der Waals surface area contributed by atoms with Crippen LogP contribution in [0.2, 0.25) is 0 Å². The lowest BCUT2D eigenvalue weighted by atomic mass is 10.1. The van der Waals surface area contributed by atoms with Gasteiger partial charge in [0.2, 0.25) is 17.7 Å². The number of nitrogens with two attached hydrogens (primary N) is 3. The van der Waals surface area contributed by atoms with E-state index in [0.717, 1.165) is 0 Å². The van der Waals surface area contributed by atoms with Crippen LogP contribution in [0.4, 0.5) is 0 Å². The number of hydrogen-bond acceptors (Lipinski definition) is 7. The Hall–Kier alpha value is -3.87. The molecule has 13 nitrogen and oxygen atoms in total. The zero-order chi connectivity index (χ0) is 26.8. The molecule has 1 aromatic rings. The molecule has 4 unspecified atom stereocenters. The molecule has 0 aliphatic carbocycles. The van der Waals surface area contributed by atoms with Crippen molar-refractivity contribution in [2.45, 2.75) is 63.2 Å². The van der Waals surface area contributed by atoms with Crippen molar-refractivity contribution in [3.8, 4) is 5.75 Å². The molecule has 0 radical (unpaired) electrons. The maximum atomic E-state index is 12.9. The standard InChI is InChI=1S/C23H35N7O6/c1-13(19(32)29-17(22(35)36)12-14-6-8-15(31)9-7-14)28-20(33)18-5-3-11-30(18)21(34)16(24)4-2-10-27-23(25)26/h6-9,13,16-18,31H,2-5,10-12,24H2,1H3,(H,28,33)(H,29,32)(H,35,36)(H4,25,26,27). The molecule has 2 rings (SSSR count). The van der Waals surface area contributed by atoms with Gasteiger partial charge < -0.3 is 42.9 Å². The molecule has 3 amide bonds. The van der Waals surface area contributed by atoms with Gasteiger partial charge in [-0.3, -0.25) is 19.4 Å². The summed E-state index contributed by atoms with van der Waals surface area (Å²) in [6.07, 6.45) is 1.87. The second-order valence-corrected chi connectivity index (χ2v) is 8.75. The number of amides is 3. The van der Waals surface area contributed by atoms with Gasteiger partial charge >= 0.3 is 5.97 Å². The van der Waals surface area contributed by atoms with Gasteiger partial charge in [-0.1, -0.05) is 12.1 Å². The number of carbonyl (C=O) groups excluding carboxylic acids is 3. The van der Waals surface area contributed by atoms with E-state index in [1.807, 2.05) is 0 Å². The summed E-state index contributed by atoms with van der Waals surface area (Å²) in [5, 5.41) is 23.9. The average Bonchev–Trinajstić information content (AvgIpc) is 3.31. The number of carboxylic acid groups (broad SMARTS) is 1. The van der Waals surface area contributed by atoms with E-state index in [4.69, 9.17) is 17.2 Å². The van der Waals surface area contributed by atoms with Crippen LogP contribution in [-0.2, 0) is 25.6 Å². The number of guanidine groups is 1. The molecule has 1 aliphatic rings. The number of aromatic hydroxyl groups is 1. The first-order valence-corrected chi connectivity index (χ1v) is 11.7. The van der Waals surface area contributed by atoms with Crippen molar-refractivity contribution in [3.05, 3.63) is 29.8 Å². The fourth-order valence-electron chi connectivity index (χ4n) is 3.90. The Morgan fingerprint density at radius 1 is 1.17 bits per heavy atom. The quantitative estimate of drug-likeness (QED) is 0.0982. The number of phenolic OH excluding ortho intramolecular Hbond substituents is 1. The Morgan fingerprint density at radius 3 is 2.44 bits per heavy atom. The monoisotopic (exact) mass is 505 g/mol. The van der Waals surface area contributed by atoms with Crippen LogP contribution >= 0.6 is 0 Å². The van der Waals surface area contributed by atoms with Crippen LogP contribution in [0, 0.1) is 0 Å². The summed E-state index contributed by atoms with van der Waals surface area (Å²) in [5.74, 6) is -2.80. The lowest BCUT2D eigenvalue weighted by molar-refractivity contribution is -0.143. The van der Waals surface area contributed by atoms with Crippen molar-refractivity contribution in [1.82, 2.24) is 15.5 Å². The Labute approximate surface area is 209 Å². The van der Waals surface area contributed by atoms with Crippen LogP contribution in [0.25, 0.3) is 0 Å². The van der Waals surface area contributed by atoms with Gasteiger partial charge in [0.15, 0.2) is 5.96 Å². The minimum Gasteiger partial charge on any atom is -0.508 e. The highest BCUT2D eigenvalue weighted by Gasteiger charge is 2.37. The van der Waals surface area contributed by atoms with Crippen LogP contribution in [-0.4, -0.2) is 82.0 Å². The number of phenols is 1. The number of nitrogens with zero attached hydrogens (tertiary/aromatic N) is 2. The number of aliphatic imine (C=N–C) groups is 1. The third kappa shape index (κ3) is 8.41. The lowest BCUT2D eigenvalue weighted by Gasteiger charge is -2.28. The van der Waals surface area contributed by atoms with E-state index in [-0.39, 0.29) is 24.0 Å². The number of aliphatic carboxylic acids is 1. The smallest absolute Gasteiger partial charge is 0.326 e. The van der Waals surface area contributed by atoms with Gasteiger partial charge in [-0.05, 0) is 50.3 Å². The highest BCUT2D eigenvalue weighted by Crippen LogP contribution is 2.19. The van der Waals surface area contributed by atoms with E-state index in [9.17, 15) is 29.4 Å². The lowest BCUT2D eigenvalue weighted by Crippen LogP contribution is -2.56. The predicted molar refractivity (Wildman–Crippen MR) is 132 cm³/mol. The van der Waals surface area contributed by atoms with E-state index in [0.29, 0.717) is 44.3 Å². The van der Waals surface area contributed by atoms with E-state index in [2.05, 4.69) is 15.6 Å². The van der Waals surface area contributed by atoms with Gasteiger partial charge in [-0.25, -0.2) is 4.79 Å². The van der Waals surface area contributed by atoms with Gasteiger partial charge in [0.25, 0.3) is 0 Å². The number of likely N-dealkylation sites (tertiary alicyclic amines) is 1. The molecule has 10 N–H and O–H groups in total. The molecular weight excluding hydrogens is 470 g/mol. The van der Waals surface area contributed by atoms with E-state index >= 15 is 0 Å². The molecule has 1 saturated heterocycles. The van der Waals surface area contributed by atoms with Crippen LogP contribution in [0.5, 0.6) is 5.75 Å². The molecule has 0 spiro atoms. The molecule has 198 valence electrons. The number of benzene rings is 1. The fraction of sp³-hybridized carbons (Fsp3) is 0.522. The zero-order valence-corrected chi connectivity index (χ0v) is 20.2. The predicted octanol–water partition coefficient (Wildman–Crippen LogP) is -1.62. The fourth-order valence-corrected chi connectivity index (χ4v) is 3.90. The Balaban J connectivity index is 1.91. The van der Waals surface area contributed by atoms with Crippen molar-refractivity contribution >= 4 is 29.7 Å². The molecule has 1 fully saturated rings. The largest absolute Gasteiger partial charge is 0.508 e. The van der Waals surface area contributed by atoms with Gasteiger partial charge in [0.05, 0.1) is 6.04 Å². The van der Waals surface area contributed by atoms with Crippen LogP contribution in [0.1, 0.15) is 38.2 Å². The van der Waals surface area contributed by atoms with Gasteiger partial charge in [0, 0.05) is 19.5 Å². The summed E-state index contributed by atoms with van der Waals surface area (Å²) in [5.41, 5.74) is 17.2. The first kappa shape index (κ1) is 28.4. The number of nitrogens with one attached hydrogen (secondary N) is 2. The number of hydrogen-bond donors (Lipinski definition) is 7. The van der Waals surface area contributed by atoms with Crippen molar-refractivity contribution in [2.24, 2.45) is 22.2 Å². The Bertz CT molecular complexity index is 964. The second-order valence-electron chi connectivity index (χ2n) is 8.75. The minimum absolute atomic E-state index is 0.00596. The molecular formula is C23H35N7O6. The molecule has 0 saturated carbocycles. The molecule has 1 aliphatic heterocycles. The van der Waals surface area contributed by atoms with E-state index in [1.54, 1.807) is 12.1 Å². The van der Waals surface area contributed by atoms with Gasteiger partial charge in [0.1, 0.15) is 23.9 Å². The van der Waals surface area contributed by atoms with Gasteiger partial charge in [-0.15, -0.1) is 0 Å². The first-order chi connectivity index (χ1) is 17.0. The molecule has 1 heterocycles. The van der Waals surface area contributed by atoms with Crippen molar-refractivity contribution in [1.29, 1.82) is 0 Å². The minimum atomic E-state index is -1.24. The summed E-state index contributed by atoms with van der Waals surface area (Å²) in [6, 6.07) is 2.09. The average molecular weight is 506 g/mol. The summed E-state index contributed by atoms with van der Waals surface area (Å²) in [7, 11) is 0. The zero-order valence-electron chi connectivity index (χ0n) is 20.2.